The van der Waals surface area contributed by atoms with Crippen LogP contribution in [0.2, 0.25) is 0 Å². The van der Waals surface area contributed by atoms with Gasteiger partial charge >= 0.3 is 5.63 Å². The van der Waals surface area contributed by atoms with Gasteiger partial charge in [0.25, 0.3) is 5.91 Å². The Balaban J connectivity index is 1.59. The molecule has 0 aliphatic carbocycles. The minimum Gasteiger partial charge on any atom is -0.430 e. The van der Waals surface area contributed by atoms with E-state index in [1.807, 2.05) is 0 Å². The molecule has 0 bridgehead atoms. The molecule has 1 fully saturated rings. The summed E-state index contributed by atoms with van der Waals surface area (Å²) in [5.74, 6) is -0.240. The molecule has 2 heterocycles. The first-order chi connectivity index (χ1) is 9.75. The van der Waals surface area contributed by atoms with Gasteiger partial charge in [0.1, 0.15) is 6.26 Å². The van der Waals surface area contributed by atoms with E-state index in [2.05, 4.69) is 15.1 Å². The Labute approximate surface area is 117 Å². The molecule has 6 nitrogen and oxygen atoms in total. The fraction of sp³-hybridized carbons (Fsp3) is 0.571. The van der Waals surface area contributed by atoms with E-state index in [1.165, 1.54) is 18.4 Å². The first-order valence-electron chi connectivity index (χ1n) is 6.95. The number of amides is 1. The highest BCUT2D eigenvalue weighted by Gasteiger charge is 2.12. The molecule has 2 N–H and O–H groups in total. The quantitative estimate of drug-likeness (QED) is 0.743. The summed E-state index contributed by atoms with van der Waals surface area (Å²) in [6.45, 7) is 3.22. The van der Waals surface area contributed by atoms with E-state index in [4.69, 9.17) is 4.74 Å². The number of hydrogen-bond acceptors (Lipinski definition) is 5. The summed E-state index contributed by atoms with van der Waals surface area (Å²) in [5.41, 5.74) is -0.110. The average Bonchev–Trinajstić information content (AvgIpc) is 2.48. The maximum atomic E-state index is 11.7. The van der Waals surface area contributed by atoms with Crippen molar-refractivity contribution in [3.63, 3.8) is 0 Å². The van der Waals surface area contributed by atoms with E-state index in [-0.39, 0.29) is 5.91 Å². The molecular formula is C14H20N2O4. The predicted octanol–water partition coefficient (Wildman–Crippen LogP) is 0.528. The van der Waals surface area contributed by atoms with Gasteiger partial charge in [-0.1, -0.05) is 0 Å². The second kappa shape index (κ2) is 7.81. The normalized spacial score (nSPS) is 16.0. The van der Waals surface area contributed by atoms with Crippen molar-refractivity contribution in [3.05, 3.63) is 34.4 Å². The third-order valence-corrected chi connectivity index (χ3v) is 3.21. The first kappa shape index (κ1) is 14.7. The van der Waals surface area contributed by atoms with E-state index in [9.17, 15) is 9.59 Å². The summed E-state index contributed by atoms with van der Waals surface area (Å²) >= 11 is 0. The van der Waals surface area contributed by atoms with Crippen molar-refractivity contribution in [2.45, 2.75) is 25.4 Å². The lowest BCUT2D eigenvalue weighted by Gasteiger charge is -2.22. The number of carbonyl (C=O) groups is 1. The molecule has 0 saturated carbocycles. The van der Waals surface area contributed by atoms with Crippen molar-refractivity contribution >= 4 is 5.91 Å². The molecule has 0 radical (unpaired) electrons. The number of rotatable bonds is 6. The standard InChI is InChI=1S/C14H20N2O4/c17-13-3-2-11(10-20-13)14(18)16-6-1-9-19-12-4-7-15-8-5-12/h2-3,10,12,15H,1,4-9H2,(H,16,18). The van der Waals surface area contributed by atoms with Gasteiger partial charge in [0.05, 0.1) is 11.7 Å². The summed E-state index contributed by atoms with van der Waals surface area (Å²) in [6, 6.07) is 2.68. The van der Waals surface area contributed by atoms with E-state index in [1.54, 1.807) is 0 Å². The van der Waals surface area contributed by atoms with Gasteiger partial charge in [-0.05, 0) is 38.4 Å². The largest absolute Gasteiger partial charge is 0.430 e. The Bertz CT molecular complexity index is 460. The summed E-state index contributed by atoms with van der Waals surface area (Å²) in [6.07, 6.45) is 4.39. The van der Waals surface area contributed by atoms with Crippen molar-refractivity contribution in [3.8, 4) is 0 Å². The Morgan fingerprint density at radius 1 is 1.40 bits per heavy atom. The molecule has 20 heavy (non-hydrogen) atoms. The maximum absolute atomic E-state index is 11.7. The lowest BCUT2D eigenvalue weighted by atomic mass is 10.1. The highest BCUT2D eigenvalue weighted by Crippen LogP contribution is 2.07. The lowest BCUT2D eigenvalue weighted by Crippen LogP contribution is -2.33. The molecule has 1 aliphatic heterocycles. The van der Waals surface area contributed by atoms with Crippen molar-refractivity contribution in [2.75, 3.05) is 26.2 Å². The molecule has 2 rings (SSSR count). The SMILES string of the molecule is O=C(NCCCOC1CCNCC1)c1ccc(=O)oc1. The van der Waals surface area contributed by atoms with Crippen LogP contribution >= 0.6 is 0 Å². The Hall–Kier alpha value is -1.66. The highest BCUT2D eigenvalue weighted by molar-refractivity contribution is 5.93. The summed E-state index contributed by atoms with van der Waals surface area (Å²) in [4.78, 5) is 22.5. The monoisotopic (exact) mass is 280 g/mol. The molecule has 0 atom stereocenters. The highest BCUT2D eigenvalue weighted by atomic mass is 16.5. The van der Waals surface area contributed by atoms with E-state index < -0.39 is 5.63 Å². The second-order valence-corrected chi connectivity index (χ2v) is 4.77. The summed E-state index contributed by atoms with van der Waals surface area (Å²) in [5, 5.41) is 6.05. The third kappa shape index (κ3) is 4.79. The number of ether oxygens (including phenoxy) is 1. The van der Waals surface area contributed by atoms with Crippen LogP contribution < -0.4 is 16.3 Å². The van der Waals surface area contributed by atoms with Crippen molar-refractivity contribution in [2.24, 2.45) is 0 Å². The molecule has 1 saturated heterocycles. The minimum absolute atomic E-state index is 0.240. The van der Waals surface area contributed by atoms with Gasteiger partial charge < -0.3 is 19.8 Å². The third-order valence-electron chi connectivity index (χ3n) is 3.21. The zero-order valence-corrected chi connectivity index (χ0v) is 11.4. The van der Waals surface area contributed by atoms with Crippen molar-refractivity contribution in [1.82, 2.24) is 10.6 Å². The number of piperidine rings is 1. The van der Waals surface area contributed by atoms with Gasteiger partial charge in [-0.3, -0.25) is 4.79 Å². The molecular weight excluding hydrogens is 260 g/mol. The number of carbonyl (C=O) groups excluding carboxylic acids is 1. The molecule has 110 valence electrons. The average molecular weight is 280 g/mol. The molecule has 1 aromatic rings. The van der Waals surface area contributed by atoms with Gasteiger partial charge in [0.15, 0.2) is 0 Å². The van der Waals surface area contributed by atoms with Crippen LogP contribution in [0.25, 0.3) is 0 Å². The van der Waals surface area contributed by atoms with Crippen LogP contribution in [-0.2, 0) is 4.74 Å². The van der Waals surface area contributed by atoms with Gasteiger partial charge in [0, 0.05) is 19.2 Å². The van der Waals surface area contributed by atoms with Crippen LogP contribution in [0.4, 0.5) is 0 Å². The molecule has 1 amide bonds. The number of hydrogen-bond donors (Lipinski definition) is 2. The molecule has 0 unspecified atom stereocenters. The van der Waals surface area contributed by atoms with Gasteiger partial charge in [-0.25, -0.2) is 4.79 Å². The zero-order chi connectivity index (χ0) is 14.2. The van der Waals surface area contributed by atoms with Crippen molar-refractivity contribution in [1.29, 1.82) is 0 Å². The maximum Gasteiger partial charge on any atom is 0.335 e. The minimum atomic E-state index is -0.461. The number of nitrogens with one attached hydrogen (secondary N) is 2. The fourth-order valence-corrected chi connectivity index (χ4v) is 2.08. The summed E-state index contributed by atoms with van der Waals surface area (Å²) < 4.78 is 10.4. The van der Waals surface area contributed by atoms with Gasteiger partial charge in [-0.2, -0.15) is 0 Å². The Morgan fingerprint density at radius 2 is 2.20 bits per heavy atom. The Morgan fingerprint density at radius 3 is 2.90 bits per heavy atom. The van der Waals surface area contributed by atoms with E-state index >= 15 is 0 Å². The van der Waals surface area contributed by atoms with Crippen LogP contribution in [-0.4, -0.2) is 38.3 Å². The summed E-state index contributed by atoms with van der Waals surface area (Å²) in [7, 11) is 0. The van der Waals surface area contributed by atoms with Gasteiger partial charge in [0.2, 0.25) is 0 Å². The predicted molar refractivity (Wildman–Crippen MR) is 73.8 cm³/mol. The van der Waals surface area contributed by atoms with Crippen LogP contribution in [0.3, 0.4) is 0 Å². The van der Waals surface area contributed by atoms with Crippen LogP contribution in [0.5, 0.6) is 0 Å². The van der Waals surface area contributed by atoms with E-state index in [0.717, 1.165) is 32.4 Å². The Kier molecular flexibility index (Phi) is 5.76. The smallest absolute Gasteiger partial charge is 0.335 e. The zero-order valence-electron chi connectivity index (χ0n) is 11.4. The van der Waals surface area contributed by atoms with Crippen LogP contribution in [0.15, 0.2) is 27.6 Å². The fourth-order valence-electron chi connectivity index (χ4n) is 2.08. The lowest BCUT2D eigenvalue weighted by molar-refractivity contribution is 0.0318. The van der Waals surface area contributed by atoms with Crippen molar-refractivity contribution < 1.29 is 13.9 Å². The first-order valence-corrected chi connectivity index (χ1v) is 6.95. The van der Waals surface area contributed by atoms with Crippen LogP contribution in [0, 0.1) is 0 Å². The van der Waals surface area contributed by atoms with Crippen LogP contribution in [0.1, 0.15) is 29.6 Å². The molecule has 1 aromatic heterocycles. The molecule has 1 aliphatic rings. The molecule has 0 aromatic carbocycles. The van der Waals surface area contributed by atoms with E-state index in [0.29, 0.717) is 24.8 Å². The second-order valence-electron chi connectivity index (χ2n) is 4.77. The topological polar surface area (TPSA) is 80.6 Å². The molecule has 6 heteroatoms. The van der Waals surface area contributed by atoms with Gasteiger partial charge in [-0.15, -0.1) is 0 Å². The molecule has 0 spiro atoms.